The van der Waals surface area contributed by atoms with Crippen molar-refractivity contribution in [1.29, 1.82) is 0 Å². The van der Waals surface area contributed by atoms with Gasteiger partial charge in [-0.3, -0.25) is 9.52 Å². The third-order valence-electron chi connectivity index (χ3n) is 4.18. The number of hydrogen-bond acceptors (Lipinski definition) is 3. The third kappa shape index (κ3) is 2.49. The van der Waals surface area contributed by atoms with Gasteiger partial charge in [-0.2, -0.15) is 0 Å². The first-order valence-electron chi connectivity index (χ1n) is 7.24. The highest BCUT2D eigenvalue weighted by Crippen LogP contribution is 2.41. The zero-order chi connectivity index (χ0) is 16.8. The van der Waals surface area contributed by atoms with Gasteiger partial charge in [-0.1, -0.05) is 18.2 Å². The number of likely N-dealkylation sites (N-methyl/N-ethyl adjacent to an activating group) is 1. The van der Waals surface area contributed by atoms with E-state index in [2.05, 4.69) is 4.72 Å². The maximum absolute atomic E-state index is 12.6. The van der Waals surface area contributed by atoms with Crippen LogP contribution in [0.5, 0.6) is 0 Å². The second kappa shape index (κ2) is 5.09. The maximum Gasteiger partial charge on any atom is 0.261 e. The topological polar surface area (TPSA) is 66.5 Å². The van der Waals surface area contributed by atoms with E-state index < -0.39 is 15.4 Å². The minimum Gasteiger partial charge on any atom is -0.314 e. The second-order valence-corrected chi connectivity index (χ2v) is 7.82. The smallest absolute Gasteiger partial charge is 0.261 e. The Labute approximate surface area is 136 Å². The molecule has 1 heterocycles. The van der Waals surface area contributed by atoms with Crippen LogP contribution in [0.4, 0.5) is 11.4 Å². The zero-order valence-electron chi connectivity index (χ0n) is 13.2. The summed E-state index contributed by atoms with van der Waals surface area (Å²) in [4.78, 5) is 14.0. The molecule has 0 aromatic heterocycles. The van der Waals surface area contributed by atoms with Crippen molar-refractivity contribution in [3.8, 4) is 0 Å². The van der Waals surface area contributed by atoms with E-state index in [0.29, 0.717) is 5.69 Å². The number of anilines is 2. The van der Waals surface area contributed by atoms with Gasteiger partial charge in [0.2, 0.25) is 5.91 Å². The molecule has 0 aliphatic carbocycles. The van der Waals surface area contributed by atoms with Gasteiger partial charge in [-0.25, -0.2) is 8.42 Å². The summed E-state index contributed by atoms with van der Waals surface area (Å²) in [6.07, 6.45) is 0. The number of hydrogen-bond donors (Lipinski definition) is 1. The predicted octanol–water partition coefficient (Wildman–Crippen LogP) is 2.74. The number of sulfonamides is 1. The molecule has 1 N–H and O–H groups in total. The zero-order valence-corrected chi connectivity index (χ0v) is 14.0. The summed E-state index contributed by atoms with van der Waals surface area (Å²) >= 11 is 0. The van der Waals surface area contributed by atoms with Crippen LogP contribution in [0.25, 0.3) is 0 Å². The Morgan fingerprint density at radius 2 is 1.70 bits per heavy atom. The Kier molecular flexibility index (Phi) is 3.44. The molecule has 0 bridgehead atoms. The third-order valence-corrected chi connectivity index (χ3v) is 5.56. The fourth-order valence-electron chi connectivity index (χ4n) is 2.84. The van der Waals surface area contributed by atoms with Crippen molar-refractivity contribution in [2.24, 2.45) is 0 Å². The molecule has 0 saturated carbocycles. The lowest BCUT2D eigenvalue weighted by Gasteiger charge is -2.17. The van der Waals surface area contributed by atoms with Crippen molar-refractivity contribution in [3.63, 3.8) is 0 Å². The van der Waals surface area contributed by atoms with Gasteiger partial charge >= 0.3 is 0 Å². The Hall–Kier alpha value is -2.34. The van der Waals surface area contributed by atoms with Crippen molar-refractivity contribution in [2.45, 2.75) is 24.2 Å². The molecule has 0 unspecified atom stereocenters. The lowest BCUT2D eigenvalue weighted by atomic mass is 9.86. The summed E-state index contributed by atoms with van der Waals surface area (Å²) in [5.41, 5.74) is 1.24. The van der Waals surface area contributed by atoms with Gasteiger partial charge in [0, 0.05) is 18.4 Å². The molecule has 0 fully saturated rings. The Morgan fingerprint density at radius 1 is 1.04 bits per heavy atom. The first kappa shape index (κ1) is 15.6. The maximum atomic E-state index is 12.6. The number of nitrogens with one attached hydrogen (secondary N) is 1. The van der Waals surface area contributed by atoms with Crippen molar-refractivity contribution < 1.29 is 13.2 Å². The highest BCUT2D eigenvalue weighted by atomic mass is 32.2. The number of nitrogens with zero attached hydrogens (tertiary/aromatic N) is 1. The predicted molar refractivity (Wildman–Crippen MR) is 90.1 cm³/mol. The summed E-state index contributed by atoms with van der Waals surface area (Å²) in [5.74, 6) is -0.0435. The Balaban J connectivity index is 2.03. The van der Waals surface area contributed by atoms with Crippen LogP contribution >= 0.6 is 0 Å². The minimum atomic E-state index is -3.70. The molecular formula is C17H18N2O3S. The van der Waals surface area contributed by atoms with Crippen molar-refractivity contribution >= 4 is 27.3 Å². The van der Waals surface area contributed by atoms with E-state index in [1.807, 2.05) is 6.07 Å². The molecule has 6 heteroatoms. The van der Waals surface area contributed by atoms with Crippen LogP contribution < -0.4 is 9.62 Å². The molecule has 0 spiro atoms. The summed E-state index contributed by atoms with van der Waals surface area (Å²) in [7, 11) is -2.00. The van der Waals surface area contributed by atoms with E-state index in [1.54, 1.807) is 62.2 Å². The Morgan fingerprint density at radius 3 is 2.35 bits per heavy atom. The largest absolute Gasteiger partial charge is 0.314 e. The molecule has 0 radical (unpaired) electrons. The van der Waals surface area contributed by atoms with E-state index in [1.165, 1.54) is 6.07 Å². The summed E-state index contributed by atoms with van der Waals surface area (Å²) in [5, 5.41) is 0. The lowest BCUT2D eigenvalue weighted by molar-refractivity contribution is -0.121. The summed E-state index contributed by atoms with van der Waals surface area (Å²) in [6.45, 7) is 3.61. The number of amides is 1. The number of fused-ring (bicyclic) bond motifs is 1. The molecular weight excluding hydrogens is 312 g/mol. The number of carbonyl (C=O) groups is 1. The molecule has 23 heavy (non-hydrogen) atoms. The highest BCUT2D eigenvalue weighted by molar-refractivity contribution is 7.92. The van der Waals surface area contributed by atoms with Gasteiger partial charge < -0.3 is 4.90 Å². The van der Waals surface area contributed by atoms with Gasteiger partial charge in [0.25, 0.3) is 10.0 Å². The molecule has 1 aliphatic rings. The fraction of sp³-hybridized carbons (Fsp3) is 0.235. The molecule has 1 amide bonds. The summed E-state index contributed by atoms with van der Waals surface area (Å²) < 4.78 is 27.7. The van der Waals surface area contributed by atoms with E-state index in [-0.39, 0.29) is 10.8 Å². The lowest BCUT2D eigenvalue weighted by Crippen LogP contribution is -2.33. The van der Waals surface area contributed by atoms with Crippen LogP contribution in [0.3, 0.4) is 0 Å². The molecule has 0 atom stereocenters. The van der Waals surface area contributed by atoms with Crippen LogP contribution in [0.1, 0.15) is 19.4 Å². The highest BCUT2D eigenvalue weighted by Gasteiger charge is 2.42. The average Bonchev–Trinajstić information content (AvgIpc) is 2.69. The standard InChI is InChI=1S/C17H18N2O3S/c1-17(2)14-11-13(9-10-15(14)19(3)16(17)20)23(21,22)18-12-7-5-4-6-8-12/h4-11,18H,1-3H3. The van der Waals surface area contributed by atoms with Crippen molar-refractivity contribution in [2.75, 3.05) is 16.7 Å². The normalized spacial score (nSPS) is 16.3. The van der Waals surface area contributed by atoms with Crippen molar-refractivity contribution in [1.82, 2.24) is 0 Å². The number of carbonyl (C=O) groups excluding carboxylic acids is 1. The SMILES string of the molecule is CN1C(=O)C(C)(C)c2cc(S(=O)(=O)Nc3ccccc3)ccc21. The van der Waals surface area contributed by atoms with Crippen LogP contribution in [-0.4, -0.2) is 21.4 Å². The van der Waals surface area contributed by atoms with Crippen LogP contribution in [0, 0.1) is 0 Å². The number of benzene rings is 2. The van der Waals surface area contributed by atoms with E-state index >= 15 is 0 Å². The molecule has 3 rings (SSSR count). The van der Waals surface area contributed by atoms with Crippen molar-refractivity contribution in [3.05, 3.63) is 54.1 Å². The summed E-state index contributed by atoms with van der Waals surface area (Å²) in [6, 6.07) is 13.5. The number of rotatable bonds is 3. The quantitative estimate of drug-likeness (QED) is 0.941. The molecule has 2 aromatic carbocycles. The number of para-hydroxylation sites is 1. The van der Waals surface area contributed by atoms with E-state index in [9.17, 15) is 13.2 Å². The van der Waals surface area contributed by atoms with Crippen LogP contribution in [0.2, 0.25) is 0 Å². The van der Waals surface area contributed by atoms with Gasteiger partial charge in [0.1, 0.15) is 0 Å². The van der Waals surface area contributed by atoms with Gasteiger partial charge in [0.05, 0.1) is 10.3 Å². The van der Waals surface area contributed by atoms with Gasteiger partial charge in [0.15, 0.2) is 0 Å². The first-order chi connectivity index (χ1) is 10.7. The van der Waals surface area contributed by atoms with Gasteiger partial charge in [-0.15, -0.1) is 0 Å². The molecule has 0 saturated heterocycles. The second-order valence-electron chi connectivity index (χ2n) is 6.14. The van der Waals surface area contributed by atoms with Crippen LogP contribution in [-0.2, 0) is 20.2 Å². The molecule has 5 nitrogen and oxygen atoms in total. The first-order valence-corrected chi connectivity index (χ1v) is 8.72. The molecule has 120 valence electrons. The van der Waals surface area contributed by atoms with E-state index in [4.69, 9.17) is 0 Å². The average molecular weight is 330 g/mol. The fourth-order valence-corrected chi connectivity index (χ4v) is 3.92. The molecule has 1 aliphatic heterocycles. The van der Waals surface area contributed by atoms with E-state index in [0.717, 1.165) is 11.3 Å². The van der Waals surface area contributed by atoms with Crippen LogP contribution in [0.15, 0.2) is 53.4 Å². The monoisotopic (exact) mass is 330 g/mol. The van der Waals surface area contributed by atoms with Gasteiger partial charge in [-0.05, 0) is 49.7 Å². The Bertz CT molecular complexity index is 874. The molecule has 2 aromatic rings. The minimum absolute atomic E-state index is 0.0435.